The van der Waals surface area contributed by atoms with Crippen LogP contribution in [0.5, 0.6) is 11.5 Å². The molecule has 0 spiro atoms. The van der Waals surface area contributed by atoms with Crippen molar-refractivity contribution in [3.63, 3.8) is 0 Å². The van der Waals surface area contributed by atoms with Crippen LogP contribution in [0.4, 0.5) is 13.2 Å². The number of hydrogen-bond donors (Lipinski definition) is 0. The maximum Gasteiger partial charge on any atom is 0.416 e. The van der Waals surface area contributed by atoms with Gasteiger partial charge in [-0.05, 0) is 36.8 Å². The lowest BCUT2D eigenvalue weighted by Gasteiger charge is -2.16. The Morgan fingerprint density at radius 2 is 1.89 bits per heavy atom. The number of carbonyl (C=O) groups is 1. The first-order valence-corrected chi connectivity index (χ1v) is 9.62. The zero-order valence-electron chi connectivity index (χ0n) is 15.0. The molecule has 2 rings (SSSR count). The molecule has 0 saturated heterocycles. The third kappa shape index (κ3) is 5.76. The van der Waals surface area contributed by atoms with E-state index in [4.69, 9.17) is 9.47 Å². The molecule has 2 aromatic carbocycles. The van der Waals surface area contributed by atoms with Gasteiger partial charge in [-0.1, -0.05) is 40.3 Å². The SMILES string of the molecule is CBc1ccc(Oc2ccc(C(F)(F)F)c(CC(=O)OCC)c2)c(CBr)c1. The fraction of sp³-hybridized carbons (Fsp3) is 0.316. The predicted molar refractivity (Wildman–Crippen MR) is 104 cm³/mol. The highest BCUT2D eigenvalue weighted by Gasteiger charge is 2.34. The topological polar surface area (TPSA) is 35.5 Å². The first kappa shape index (κ1) is 21.3. The Labute approximate surface area is 165 Å². The van der Waals surface area contributed by atoms with Gasteiger partial charge in [-0.25, -0.2) is 0 Å². The van der Waals surface area contributed by atoms with E-state index in [2.05, 4.69) is 15.9 Å². The lowest BCUT2D eigenvalue weighted by molar-refractivity contribution is -0.143. The highest BCUT2D eigenvalue weighted by molar-refractivity contribution is 9.08. The first-order valence-electron chi connectivity index (χ1n) is 8.49. The molecule has 8 heteroatoms. The first-order chi connectivity index (χ1) is 12.8. The van der Waals surface area contributed by atoms with E-state index in [1.165, 1.54) is 12.1 Å². The molecular weight excluding hydrogens is 424 g/mol. The molecule has 144 valence electrons. The second kappa shape index (κ2) is 9.31. The number of carbonyl (C=O) groups excluding carboxylic acids is 1. The quantitative estimate of drug-likeness (QED) is 0.357. The average molecular weight is 443 g/mol. The molecule has 0 unspecified atom stereocenters. The summed E-state index contributed by atoms with van der Waals surface area (Å²) in [4.78, 5) is 11.7. The van der Waals surface area contributed by atoms with Gasteiger partial charge >= 0.3 is 12.1 Å². The van der Waals surface area contributed by atoms with Crippen LogP contribution in [0.3, 0.4) is 0 Å². The van der Waals surface area contributed by atoms with Gasteiger partial charge in [0, 0.05) is 10.9 Å². The van der Waals surface area contributed by atoms with Crippen molar-refractivity contribution in [2.75, 3.05) is 6.61 Å². The summed E-state index contributed by atoms with van der Waals surface area (Å²) in [5.74, 6) is 0.0632. The lowest BCUT2D eigenvalue weighted by atomic mass is 9.73. The number of ether oxygens (including phenoxy) is 2. The summed E-state index contributed by atoms with van der Waals surface area (Å²) < 4.78 is 50.3. The predicted octanol–water partition coefficient (Wildman–Crippen LogP) is 4.61. The zero-order chi connectivity index (χ0) is 20.0. The largest absolute Gasteiger partial charge is 0.466 e. The van der Waals surface area contributed by atoms with E-state index >= 15 is 0 Å². The van der Waals surface area contributed by atoms with Gasteiger partial charge in [-0.15, -0.1) is 0 Å². The van der Waals surface area contributed by atoms with Crippen LogP contribution in [-0.2, 0) is 27.5 Å². The molecule has 0 aliphatic rings. The molecule has 0 bridgehead atoms. The van der Waals surface area contributed by atoms with Crippen LogP contribution < -0.4 is 10.2 Å². The Morgan fingerprint density at radius 1 is 1.15 bits per heavy atom. The zero-order valence-corrected chi connectivity index (χ0v) is 16.6. The van der Waals surface area contributed by atoms with Crippen molar-refractivity contribution in [1.82, 2.24) is 0 Å². The highest BCUT2D eigenvalue weighted by Crippen LogP contribution is 2.35. The molecule has 0 heterocycles. The standard InChI is InChI=1S/C19H19BBrF3O3/c1-3-26-18(25)10-12-9-15(5-6-16(12)19(22,23)24)27-17-7-4-14(20-2)8-13(17)11-21/h4-9,20H,3,10-11H2,1-2H3. The Hall–Kier alpha value is -1.96. The van der Waals surface area contributed by atoms with Crippen molar-refractivity contribution in [3.8, 4) is 11.5 Å². The second-order valence-electron chi connectivity index (χ2n) is 5.83. The molecule has 0 radical (unpaired) electrons. The van der Waals surface area contributed by atoms with E-state index in [1.807, 2.05) is 19.0 Å². The molecule has 0 N–H and O–H groups in total. The molecule has 27 heavy (non-hydrogen) atoms. The van der Waals surface area contributed by atoms with Crippen molar-refractivity contribution >= 4 is 34.6 Å². The van der Waals surface area contributed by atoms with Crippen LogP contribution in [0.25, 0.3) is 0 Å². The van der Waals surface area contributed by atoms with Gasteiger partial charge in [-0.3, -0.25) is 4.79 Å². The molecule has 0 atom stereocenters. The molecule has 0 aliphatic heterocycles. The van der Waals surface area contributed by atoms with Crippen molar-refractivity contribution in [3.05, 3.63) is 53.1 Å². The van der Waals surface area contributed by atoms with Crippen LogP contribution in [-0.4, -0.2) is 19.9 Å². The number of halogens is 4. The monoisotopic (exact) mass is 442 g/mol. The van der Waals surface area contributed by atoms with Crippen molar-refractivity contribution in [1.29, 1.82) is 0 Å². The van der Waals surface area contributed by atoms with Gasteiger partial charge in [0.05, 0.1) is 18.6 Å². The number of benzene rings is 2. The molecule has 0 fully saturated rings. The maximum absolute atomic E-state index is 13.2. The summed E-state index contributed by atoms with van der Waals surface area (Å²) >= 11 is 3.40. The lowest BCUT2D eigenvalue weighted by Crippen LogP contribution is -2.14. The van der Waals surface area contributed by atoms with Crippen LogP contribution in [0, 0.1) is 0 Å². The summed E-state index contributed by atoms with van der Waals surface area (Å²) in [6, 6.07) is 9.10. The highest BCUT2D eigenvalue weighted by atomic mass is 79.9. The second-order valence-corrected chi connectivity index (χ2v) is 6.39. The average Bonchev–Trinajstić information content (AvgIpc) is 2.61. The van der Waals surface area contributed by atoms with E-state index in [0.717, 1.165) is 24.4 Å². The van der Waals surface area contributed by atoms with Gasteiger partial charge < -0.3 is 9.47 Å². The van der Waals surface area contributed by atoms with Gasteiger partial charge in [0.25, 0.3) is 0 Å². The molecule has 0 saturated carbocycles. The number of alkyl halides is 4. The molecule has 0 amide bonds. The number of rotatable bonds is 7. The van der Waals surface area contributed by atoms with Crippen molar-refractivity contribution in [2.45, 2.75) is 31.7 Å². The summed E-state index contributed by atoms with van der Waals surface area (Å²) in [6.45, 7) is 3.74. The summed E-state index contributed by atoms with van der Waals surface area (Å²) in [5.41, 5.74) is 0.974. The van der Waals surface area contributed by atoms with Gasteiger partial charge in [0.15, 0.2) is 7.28 Å². The van der Waals surface area contributed by atoms with Gasteiger partial charge in [-0.2, -0.15) is 13.2 Å². The van der Waals surface area contributed by atoms with Crippen molar-refractivity contribution < 1.29 is 27.4 Å². The molecule has 0 aliphatic carbocycles. The maximum atomic E-state index is 13.2. The summed E-state index contributed by atoms with van der Waals surface area (Å²) in [7, 11) is 0.865. The number of hydrogen-bond acceptors (Lipinski definition) is 3. The smallest absolute Gasteiger partial charge is 0.416 e. The van der Waals surface area contributed by atoms with Gasteiger partial charge in [0.1, 0.15) is 11.5 Å². The summed E-state index contributed by atoms with van der Waals surface area (Å²) in [6.07, 6.45) is -5.04. The third-order valence-electron chi connectivity index (χ3n) is 3.93. The minimum absolute atomic E-state index is 0.106. The van der Waals surface area contributed by atoms with Crippen LogP contribution in [0.1, 0.15) is 23.6 Å². The van der Waals surface area contributed by atoms with Crippen LogP contribution >= 0.6 is 15.9 Å². The van der Waals surface area contributed by atoms with Crippen LogP contribution in [0.2, 0.25) is 6.82 Å². The Kier molecular flexibility index (Phi) is 7.36. The minimum atomic E-state index is -4.57. The van der Waals surface area contributed by atoms with E-state index in [1.54, 1.807) is 13.0 Å². The fourth-order valence-corrected chi connectivity index (χ4v) is 3.05. The Morgan fingerprint density at radius 3 is 2.48 bits per heavy atom. The number of esters is 1. The van der Waals surface area contributed by atoms with E-state index in [0.29, 0.717) is 11.1 Å². The fourth-order valence-electron chi connectivity index (χ4n) is 2.61. The van der Waals surface area contributed by atoms with Gasteiger partial charge in [0.2, 0.25) is 0 Å². The molecule has 0 aromatic heterocycles. The Bertz CT molecular complexity index is 809. The normalized spacial score (nSPS) is 11.2. The summed E-state index contributed by atoms with van der Waals surface area (Å²) in [5, 5.41) is 0.548. The minimum Gasteiger partial charge on any atom is -0.466 e. The van der Waals surface area contributed by atoms with E-state index in [9.17, 15) is 18.0 Å². The van der Waals surface area contributed by atoms with Crippen LogP contribution in [0.15, 0.2) is 36.4 Å². The molecule has 2 aromatic rings. The van der Waals surface area contributed by atoms with E-state index < -0.39 is 24.1 Å². The molecule has 3 nitrogen and oxygen atoms in total. The third-order valence-corrected chi connectivity index (χ3v) is 4.53. The van der Waals surface area contributed by atoms with Crippen molar-refractivity contribution in [2.24, 2.45) is 0 Å². The van der Waals surface area contributed by atoms with E-state index in [-0.39, 0.29) is 17.9 Å². The Balaban J connectivity index is 2.37. The molecular formula is C19H19BBrF3O3.